The van der Waals surface area contributed by atoms with Gasteiger partial charge in [-0.1, -0.05) is 0 Å². The van der Waals surface area contributed by atoms with Crippen LogP contribution >= 0.6 is 0 Å². The monoisotopic (exact) mass is 238 g/mol. The van der Waals surface area contributed by atoms with Gasteiger partial charge in [-0.25, -0.2) is 0 Å². The lowest BCUT2D eigenvalue weighted by Crippen LogP contribution is -2.33. The van der Waals surface area contributed by atoms with Crippen LogP contribution in [0.4, 0.5) is 0 Å². The van der Waals surface area contributed by atoms with E-state index in [4.69, 9.17) is 0 Å². The molecule has 0 spiro atoms. The van der Waals surface area contributed by atoms with Gasteiger partial charge in [0.1, 0.15) is 0 Å². The number of aryl methyl sites for hydroxylation is 1. The molecule has 1 aromatic rings. The number of amides is 1. The Balaban J connectivity index is 2.56. The Bertz CT molecular complexity index is 359. The number of hydrogen-bond donors (Lipinski definition) is 1. The van der Waals surface area contributed by atoms with Crippen molar-refractivity contribution in [3.8, 4) is 0 Å². The molecule has 0 aliphatic heterocycles. The third-order valence-corrected chi connectivity index (χ3v) is 2.76. The number of rotatable bonds is 6. The molecule has 1 aromatic heterocycles. The molecule has 0 aliphatic carbocycles. The average Bonchev–Trinajstić information content (AvgIpc) is 2.69. The van der Waals surface area contributed by atoms with Gasteiger partial charge in [-0.2, -0.15) is 5.10 Å². The molecule has 0 atom stereocenters. The number of nitrogens with zero attached hydrogens (tertiary/aromatic N) is 3. The van der Waals surface area contributed by atoms with Crippen LogP contribution in [0.5, 0.6) is 0 Å². The lowest BCUT2D eigenvalue weighted by atomic mass is 10.2. The summed E-state index contributed by atoms with van der Waals surface area (Å²) in [6, 6.07) is 0. The zero-order valence-electron chi connectivity index (χ0n) is 11.2. The molecule has 96 valence electrons. The van der Waals surface area contributed by atoms with E-state index >= 15 is 0 Å². The van der Waals surface area contributed by atoms with Crippen molar-refractivity contribution in [2.45, 2.75) is 20.3 Å². The molecule has 1 heterocycles. The van der Waals surface area contributed by atoms with Gasteiger partial charge in [0, 0.05) is 18.8 Å². The Morgan fingerprint density at radius 2 is 2.12 bits per heavy atom. The predicted molar refractivity (Wildman–Crippen MR) is 68.1 cm³/mol. The van der Waals surface area contributed by atoms with Crippen molar-refractivity contribution in [1.29, 1.82) is 0 Å². The summed E-state index contributed by atoms with van der Waals surface area (Å²) < 4.78 is 0. The number of hydrogen-bond acceptors (Lipinski definition) is 3. The second kappa shape index (κ2) is 6.39. The molecular weight excluding hydrogens is 216 g/mol. The van der Waals surface area contributed by atoms with E-state index in [2.05, 4.69) is 15.1 Å². The molecule has 0 fully saturated rings. The van der Waals surface area contributed by atoms with Gasteiger partial charge < -0.3 is 9.80 Å². The van der Waals surface area contributed by atoms with E-state index in [9.17, 15) is 4.79 Å². The summed E-state index contributed by atoms with van der Waals surface area (Å²) in [5, 5.41) is 6.68. The van der Waals surface area contributed by atoms with E-state index in [0.29, 0.717) is 5.56 Å². The normalized spacial score (nSPS) is 10.9. The fraction of sp³-hybridized carbons (Fsp3) is 0.667. The fourth-order valence-electron chi connectivity index (χ4n) is 1.72. The number of aromatic nitrogens is 2. The molecule has 0 radical (unpaired) electrons. The average molecular weight is 238 g/mol. The smallest absolute Gasteiger partial charge is 0.257 e. The van der Waals surface area contributed by atoms with Crippen molar-refractivity contribution in [2.75, 3.05) is 33.7 Å². The minimum atomic E-state index is 0.0671. The first-order chi connectivity index (χ1) is 8.06. The quantitative estimate of drug-likeness (QED) is 0.808. The van der Waals surface area contributed by atoms with E-state index in [1.54, 1.807) is 6.20 Å². The molecule has 0 saturated carbocycles. The van der Waals surface area contributed by atoms with Crippen molar-refractivity contribution in [1.82, 2.24) is 20.0 Å². The van der Waals surface area contributed by atoms with Crippen molar-refractivity contribution < 1.29 is 4.79 Å². The van der Waals surface area contributed by atoms with Crippen LogP contribution in [-0.4, -0.2) is 59.6 Å². The summed E-state index contributed by atoms with van der Waals surface area (Å²) in [6.45, 7) is 6.39. The van der Waals surface area contributed by atoms with Gasteiger partial charge in [0.2, 0.25) is 0 Å². The van der Waals surface area contributed by atoms with Gasteiger partial charge in [-0.15, -0.1) is 0 Å². The third kappa shape index (κ3) is 3.85. The van der Waals surface area contributed by atoms with E-state index in [1.807, 2.05) is 32.8 Å². The molecule has 5 nitrogen and oxygen atoms in total. The predicted octanol–water partition coefficient (Wildman–Crippen LogP) is 1.13. The van der Waals surface area contributed by atoms with Crippen LogP contribution in [0.15, 0.2) is 6.20 Å². The van der Waals surface area contributed by atoms with Gasteiger partial charge in [0.05, 0.1) is 11.8 Å². The summed E-state index contributed by atoms with van der Waals surface area (Å²) >= 11 is 0. The van der Waals surface area contributed by atoms with Gasteiger partial charge in [0.15, 0.2) is 0 Å². The molecule has 1 rings (SSSR count). The Labute approximate surface area is 103 Å². The molecular formula is C12H22N4O. The van der Waals surface area contributed by atoms with E-state index in [1.165, 1.54) is 0 Å². The first-order valence-electron chi connectivity index (χ1n) is 6.00. The van der Waals surface area contributed by atoms with Gasteiger partial charge in [-0.3, -0.25) is 9.89 Å². The first-order valence-corrected chi connectivity index (χ1v) is 6.00. The van der Waals surface area contributed by atoms with Gasteiger partial charge >= 0.3 is 0 Å². The Morgan fingerprint density at radius 1 is 1.41 bits per heavy atom. The summed E-state index contributed by atoms with van der Waals surface area (Å²) in [4.78, 5) is 16.2. The second-order valence-electron chi connectivity index (χ2n) is 4.45. The molecule has 1 N–H and O–H groups in total. The SMILES string of the molecule is CCN(CCCN(C)C)C(=O)c1cn[nH]c1C. The zero-order chi connectivity index (χ0) is 12.8. The number of nitrogens with one attached hydrogen (secondary N) is 1. The highest BCUT2D eigenvalue weighted by Gasteiger charge is 2.17. The van der Waals surface area contributed by atoms with Crippen molar-refractivity contribution in [3.05, 3.63) is 17.5 Å². The molecule has 1 amide bonds. The fourth-order valence-corrected chi connectivity index (χ4v) is 1.72. The number of carbonyl (C=O) groups excluding carboxylic acids is 1. The van der Waals surface area contributed by atoms with Crippen LogP contribution in [0.3, 0.4) is 0 Å². The van der Waals surface area contributed by atoms with Crippen LogP contribution in [0.1, 0.15) is 29.4 Å². The van der Waals surface area contributed by atoms with Crippen LogP contribution in [-0.2, 0) is 0 Å². The highest BCUT2D eigenvalue weighted by molar-refractivity contribution is 5.94. The lowest BCUT2D eigenvalue weighted by Gasteiger charge is -2.21. The second-order valence-corrected chi connectivity index (χ2v) is 4.45. The topological polar surface area (TPSA) is 52.2 Å². The largest absolute Gasteiger partial charge is 0.339 e. The maximum Gasteiger partial charge on any atom is 0.257 e. The molecule has 0 unspecified atom stereocenters. The summed E-state index contributed by atoms with van der Waals surface area (Å²) in [5.74, 6) is 0.0671. The van der Waals surface area contributed by atoms with Crippen LogP contribution in [0.2, 0.25) is 0 Å². The van der Waals surface area contributed by atoms with E-state index in [0.717, 1.165) is 31.7 Å². The third-order valence-electron chi connectivity index (χ3n) is 2.76. The van der Waals surface area contributed by atoms with Gasteiger partial charge in [0.25, 0.3) is 5.91 Å². The molecule has 0 bridgehead atoms. The molecule has 5 heteroatoms. The molecule has 17 heavy (non-hydrogen) atoms. The maximum absolute atomic E-state index is 12.2. The highest BCUT2D eigenvalue weighted by Crippen LogP contribution is 2.08. The van der Waals surface area contributed by atoms with Crippen molar-refractivity contribution in [3.63, 3.8) is 0 Å². The van der Waals surface area contributed by atoms with Crippen LogP contribution in [0, 0.1) is 6.92 Å². The molecule has 0 aromatic carbocycles. The lowest BCUT2D eigenvalue weighted by molar-refractivity contribution is 0.0758. The van der Waals surface area contributed by atoms with Gasteiger partial charge in [-0.05, 0) is 40.9 Å². The Hall–Kier alpha value is -1.36. The number of carbonyl (C=O) groups is 1. The summed E-state index contributed by atoms with van der Waals surface area (Å²) in [7, 11) is 4.08. The highest BCUT2D eigenvalue weighted by atomic mass is 16.2. The molecule has 0 saturated heterocycles. The number of aromatic amines is 1. The number of H-pyrrole nitrogens is 1. The Morgan fingerprint density at radius 3 is 2.59 bits per heavy atom. The minimum absolute atomic E-state index is 0.0671. The van der Waals surface area contributed by atoms with E-state index in [-0.39, 0.29) is 5.91 Å². The zero-order valence-corrected chi connectivity index (χ0v) is 11.2. The van der Waals surface area contributed by atoms with Crippen LogP contribution in [0.25, 0.3) is 0 Å². The standard InChI is InChI=1S/C12H22N4O/c1-5-16(8-6-7-15(3)4)12(17)11-9-13-14-10(11)2/h9H,5-8H2,1-4H3,(H,13,14). The van der Waals surface area contributed by atoms with Crippen LogP contribution < -0.4 is 0 Å². The van der Waals surface area contributed by atoms with Crippen molar-refractivity contribution in [2.24, 2.45) is 0 Å². The summed E-state index contributed by atoms with van der Waals surface area (Å²) in [5.41, 5.74) is 1.51. The van der Waals surface area contributed by atoms with Crippen molar-refractivity contribution >= 4 is 5.91 Å². The maximum atomic E-state index is 12.2. The Kier molecular flexibility index (Phi) is 5.15. The first kappa shape index (κ1) is 13.7. The minimum Gasteiger partial charge on any atom is -0.339 e. The molecule has 0 aliphatic rings. The summed E-state index contributed by atoms with van der Waals surface area (Å²) in [6.07, 6.45) is 2.59. The van der Waals surface area contributed by atoms with E-state index < -0.39 is 0 Å².